The molecule has 0 aromatic carbocycles. The largest absolute Gasteiger partial charge is 0.343 e. The highest BCUT2D eigenvalue weighted by Gasteiger charge is 2.18. The van der Waals surface area contributed by atoms with Crippen molar-refractivity contribution in [3.63, 3.8) is 0 Å². The van der Waals surface area contributed by atoms with Crippen molar-refractivity contribution in [2.24, 2.45) is 0 Å². The number of likely N-dealkylation sites (tertiary alicyclic amines) is 1. The van der Waals surface area contributed by atoms with Crippen LogP contribution in [0.4, 0.5) is 0 Å². The summed E-state index contributed by atoms with van der Waals surface area (Å²) in [5.74, 6) is 0.130. The van der Waals surface area contributed by atoms with Crippen LogP contribution in [0.1, 0.15) is 51.0 Å². The van der Waals surface area contributed by atoms with E-state index in [2.05, 4.69) is 5.10 Å². The number of nitrogens with zero attached hydrogens (tertiary/aromatic N) is 4. The molecule has 6 nitrogen and oxygen atoms in total. The molecule has 0 aliphatic carbocycles. The molecule has 1 saturated heterocycles. The molecule has 0 radical (unpaired) electrons. The summed E-state index contributed by atoms with van der Waals surface area (Å²) >= 11 is 0. The molecule has 2 rings (SSSR count). The van der Waals surface area contributed by atoms with E-state index < -0.39 is 0 Å². The first kappa shape index (κ1) is 17.5. The molecular weight excluding hydrogens is 292 g/mol. The van der Waals surface area contributed by atoms with Crippen molar-refractivity contribution in [1.82, 2.24) is 19.6 Å². The summed E-state index contributed by atoms with van der Waals surface area (Å²) in [6, 6.07) is 0. The number of hydrogen-bond donors (Lipinski definition) is 0. The van der Waals surface area contributed by atoms with Crippen LogP contribution < -0.4 is 0 Å². The van der Waals surface area contributed by atoms with Crippen LogP contribution in [0.3, 0.4) is 0 Å². The van der Waals surface area contributed by atoms with Crippen molar-refractivity contribution in [3.8, 4) is 0 Å². The summed E-state index contributed by atoms with van der Waals surface area (Å²) in [5.41, 5.74) is 1.02. The third kappa shape index (κ3) is 5.37. The minimum absolute atomic E-state index is 0.0115. The van der Waals surface area contributed by atoms with Crippen LogP contribution >= 0.6 is 0 Å². The molecule has 2 heterocycles. The first-order chi connectivity index (χ1) is 11.1. The molecule has 1 aliphatic rings. The highest BCUT2D eigenvalue weighted by Crippen LogP contribution is 2.12. The van der Waals surface area contributed by atoms with Crippen LogP contribution in [0.25, 0.3) is 0 Å². The lowest BCUT2D eigenvalue weighted by Crippen LogP contribution is -2.33. The van der Waals surface area contributed by atoms with Gasteiger partial charge in [-0.25, -0.2) is 0 Å². The van der Waals surface area contributed by atoms with E-state index in [9.17, 15) is 9.59 Å². The molecular formula is C17H28N4O2. The van der Waals surface area contributed by atoms with Gasteiger partial charge in [-0.3, -0.25) is 14.3 Å². The molecule has 0 atom stereocenters. The number of aromatic nitrogens is 2. The second kappa shape index (κ2) is 8.70. The van der Waals surface area contributed by atoms with Crippen molar-refractivity contribution in [2.75, 3.05) is 20.1 Å². The predicted molar refractivity (Wildman–Crippen MR) is 88.7 cm³/mol. The molecule has 2 amide bonds. The van der Waals surface area contributed by atoms with Gasteiger partial charge in [0.15, 0.2) is 0 Å². The summed E-state index contributed by atoms with van der Waals surface area (Å²) < 4.78 is 1.84. The fourth-order valence-electron chi connectivity index (χ4n) is 2.91. The average Bonchev–Trinajstić information content (AvgIpc) is 2.83. The van der Waals surface area contributed by atoms with Gasteiger partial charge in [-0.2, -0.15) is 5.10 Å². The Morgan fingerprint density at radius 3 is 2.48 bits per heavy atom. The first-order valence-corrected chi connectivity index (χ1v) is 8.63. The molecule has 128 valence electrons. The van der Waals surface area contributed by atoms with Gasteiger partial charge in [0.2, 0.25) is 11.8 Å². The number of amides is 2. The number of aryl methyl sites for hydroxylation is 1. The van der Waals surface area contributed by atoms with Crippen molar-refractivity contribution < 1.29 is 9.59 Å². The van der Waals surface area contributed by atoms with Gasteiger partial charge in [0.1, 0.15) is 0 Å². The van der Waals surface area contributed by atoms with E-state index in [1.807, 2.05) is 22.7 Å². The monoisotopic (exact) mass is 320 g/mol. The Hall–Kier alpha value is -1.85. The second-order valence-electron chi connectivity index (χ2n) is 6.25. The third-order valence-corrected chi connectivity index (χ3v) is 4.37. The Labute approximate surface area is 138 Å². The Morgan fingerprint density at radius 2 is 1.87 bits per heavy atom. The maximum Gasteiger partial charge on any atom is 0.223 e. The van der Waals surface area contributed by atoms with Crippen LogP contribution in [0.5, 0.6) is 0 Å². The number of hydrogen-bond acceptors (Lipinski definition) is 3. The second-order valence-corrected chi connectivity index (χ2v) is 6.25. The highest BCUT2D eigenvalue weighted by molar-refractivity contribution is 5.83. The van der Waals surface area contributed by atoms with Crippen molar-refractivity contribution in [1.29, 1.82) is 0 Å². The van der Waals surface area contributed by atoms with E-state index >= 15 is 0 Å². The molecule has 6 heteroatoms. The minimum atomic E-state index is 0.0115. The standard InChI is InChI=1S/C17H28N4O2/c1-3-21-14-15(12-18-21)13-19(2)16(22)8-9-17(23)20-10-6-4-5-7-11-20/h12,14H,3-11,13H2,1-2H3. The van der Waals surface area contributed by atoms with Gasteiger partial charge in [-0.1, -0.05) is 12.8 Å². The molecule has 0 bridgehead atoms. The van der Waals surface area contributed by atoms with Crippen molar-refractivity contribution in [3.05, 3.63) is 18.0 Å². The zero-order chi connectivity index (χ0) is 16.7. The molecule has 1 fully saturated rings. The molecule has 1 aliphatic heterocycles. The molecule has 0 saturated carbocycles. The fraction of sp³-hybridized carbons (Fsp3) is 0.706. The lowest BCUT2D eigenvalue weighted by Gasteiger charge is -2.21. The lowest BCUT2D eigenvalue weighted by molar-refractivity contribution is -0.136. The lowest BCUT2D eigenvalue weighted by atomic mass is 10.2. The molecule has 1 aromatic rings. The summed E-state index contributed by atoms with van der Waals surface area (Å²) in [6.45, 7) is 5.08. The normalized spacial score (nSPS) is 15.3. The maximum atomic E-state index is 12.2. The minimum Gasteiger partial charge on any atom is -0.343 e. The Balaban J connectivity index is 1.75. The molecule has 23 heavy (non-hydrogen) atoms. The van der Waals surface area contributed by atoms with E-state index in [-0.39, 0.29) is 18.2 Å². The van der Waals surface area contributed by atoms with Gasteiger partial charge < -0.3 is 9.80 Å². The average molecular weight is 320 g/mol. The van der Waals surface area contributed by atoms with Crippen LogP contribution in [0.15, 0.2) is 12.4 Å². The predicted octanol–water partition coefficient (Wildman–Crippen LogP) is 2.04. The first-order valence-electron chi connectivity index (χ1n) is 8.63. The SMILES string of the molecule is CCn1cc(CN(C)C(=O)CCC(=O)N2CCCCCC2)cn1. The topological polar surface area (TPSA) is 58.4 Å². The van der Waals surface area contributed by atoms with Crippen LogP contribution in [0, 0.1) is 0 Å². The van der Waals surface area contributed by atoms with Gasteiger partial charge in [-0.05, 0) is 19.8 Å². The number of carbonyl (C=O) groups excluding carboxylic acids is 2. The Bertz CT molecular complexity index is 518. The summed E-state index contributed by atoms with van der Waals surface area (Å²) in [4.78, 5) is 28.0. The molecule has 0 spiro atoms. The van der Waals surface area contributed by atoms with Crippen LogP contribution in [-0.2, 0) is 22.7 Å². The number of carbonyl (C=O) groups is 2. The van der Waals surface area contributed by atoms with E-state index in [1.165, 1.54) is 12.8 Å². The third-order valence-electron chi connectivity index (χ3n) is 4.37. The number of rotatable bonds is 6. The van der Waals surface area contributed by atoms with E-state index in [0.29, 0.717) is 13.0 Å². The van der Waals surface area contributed by atoms with Gasteiger partial charge in [0.05, 0.1) is 6.20 Å². The summed E-state index contributed by atoms with van der Waals surface area (Å²) in [6.07, 6.45) is 8.92. The molecule has 0 N–H and O–H groups in total. The van der Waals surface area contributed by atoms with Gasteiger partial charge >= 0.3 is 0 Å². The Morgan fingerprint density at radius 1 is 1.17 bits per heavy atom. The van der Waals surface area contributed by atoms with Gasteiger partial charge in [0.25, 0.3) is 0 Å². The van der Waals surface area contributed by atoms with Gasteiger partial charge in [0, 0.05) is 57.8 Å². The van der Waals surface area contributed by atoms with Crippen molar-refractivity contribution >= 4 is 11.8 Å². The van der Waals surface area contributed by atoms with Gasteiger partial charge in [-0.15, -0.1) is 0 Å². The summed E-state index contributed by atoms with van der Waals surface area (Å²) in [5, 5.41) is 4.21. The van der Waals surface area contributed by atoms with E-state index in [0.717, 1.165) is 38.0 Å². The quantitative estimate of drug-likeness (QED) is 0.806. The highest BCUT2D eigenvalue weighted by atomic mass is 16.2. The van der Waals surface area contributed by atoms with Crippen LogP contribution in [0.2, 0.25) is 0 Å². The Kier molecular flexibility index (Phi) is 6.62. The zero-order valence-electron chi connectivity index (χ0n) is 14.3. The smallest absolute Gasteiger partial charge is 0.223 e. The van der Waals surface area contributed by atoms with Crippen molar-refractivity contribution in [2.45, 2.75) is 58.5 Å². The van der Waals surface area contributed by atoms with E-state index in [1.54, 1.807) is 18.1 Å². The zero-order valence-corrected chi connectivity index (χ0v) is 14.3. The molecule has 0 unspecified atom stereocenters. The van der Waals surface area contributed by atoms with Crippen LogP contribution in [-0.4, -0.2) is 51.5 Å². The van der Waals surface area contributed by atoms with E-state index in [4.69, 9.17) is 0 Å². The summed E-state index contributed by atoms with van der Waals surface area (Å²) in [7, 11) is 1.78. The maximum absolute atomic E-state index is 12.2. The molecule has 1 aromatic heterocycles. The fourth-order valence-corrected chi connectivity index (χ4v) is 2.91.